The summed E-state index contributed by atoms with van der Waals surface area (Å²) in [7, 11) is 0. The van der Waals surface area contributed by atoms with E-state index in [1.54, 1.807) is 6.08 Å². The number of ether oxygens (including phenoxy) is 5. The summed E-state index contributed by atoms with van der Waals surface area (Å²) in [5.41, 5.74) is -0.362. The maximum absolute atomic E-state index is 11.2. The van der Waals surface area contributed by atoms with Crippen LogP contribution in [0.25, 0.3) is 0 Å². The minimum atomic E-state index is -1.32. The van der Waals surface area contributed by atoms with Crippen LogP contribution in [-0.4, -0.2) is 50.3 Å². The summed E-state index contributed by atoms with van der Waals surface area (Å²) >= 11 is 0. The van der Waals surface area contributed by atoms with Crippen LogP contribution in [0.1, 0.15) is 13.8 Å². The van der Waals surface area contributed by atoms with Crippen molar-refractivity contribution in [2.45, 2.75) is 19.4 Å². The van der Waals surface area contributed by atoms with Gasteiger partial charge in [-0.3, -0.25) is 0 Å². The molecule has 1 heterocycles. The first kappa shape index (κ1) is 21.0. The Bertz CT molecular complexity index is 757. The van der Waals surface area contributed by atoms with Gasteiger partial charge in [0.25, 0.3) is 0 Å². The topological polar surface area (TPSA) is 66.4 Å². The first-order valence-corrected chi connectivity index (χ1v) is 9.71. The standard InChI is InChI=1S/C23H28O6/c1-18(2)15-23(24)16-28-21-9-5-3-7-19(21)26-13-11-25-12-14-27-20-8-4-6-10-22(20)29-17-23/h3-10,15,24H,11-14,16-17H2,1-2H3. The van der Waals surface area contributed by atoms with Gasteiger partial charge in [0, 0.05) is 0 Å². The van der Waals surface area contributed by atoms with Crippen LogP contribution in [0.15, 0.2) is 60.2 Å². The minimum absolute atomic E-state index is 0.0120. The van der Waals surface area contributed by atoms with E-state index in [-0.39, 0.29) is 13.2 Å². The molecule has 0 bridgehead atoms. The van der Waals surface area contributed by atoms with Crippen LogP contribution < -0.4 is 18.9 Å². The summed E-state index contributed by atoms with van der Waals surface area (Å²) in [5, 5.41) is 11.2. The Morgan fingerprint density at radius 3 is 1.55 bits per heavy atom. The molecule has 1 aliphatic heterocycles. The maximum Gasteiger partial charge on any atom is 0.161 e. The Labute approximate surface area is 171 Å². The molecule has 0 radical (unpaired) electrons. The van der Waals surface area contributed by atoms with Crippen molar-refractivity contribution >= 4 is 0 Å². The van der Waals surface area contributed by atoms with E-state index in [1.807, 2.05) is 62.4 Å². The van der Waals surface area contributed by atoms with Gasteiger partial charge in [-0.1, -0.05) is 29.8 Å². The zero-order chi connectivity index (χ0) is 20.5. The van der Waals surface area contributed by atoms with Crippen LogP contribution in [0, 0.1) is 0 Å². The van der Waals surface area contributed by atoms with Crippen molar-refractivity contribution in [2.75, 3.05) is 39.6 Å². The van der Waals surface area contributed by atoms with E-state index in [2.05, 4.69) is 0 Å². The molecule has 0 saturated heterocycles. The molecule has 2 aromatic rings. The van der Waals surface area contributed by atoms with Crippen LogP contribution in [0.5, 0.6) is 23.0 Å². The van der Waals surface area contributed by atoms with Gasteiger partial charge in [-0.15, -0.1) is 0 Å². The number of benzene rings is 2. The quantitative estimate of drug-likeness (QED) is 0.738. The Morgan fingerprint density at radius 1 is 0.724 bits per heavy atom. The molecule has 6 heteroatoms. The number of rotatable bonds is 1. The van der Waals surface area contributed by atoms with Gasteiger partial charge in [0.05, 0.1) is 13.2 Å². The molecule has 3 rings (SSSR count). The fraction of sp³-hybridized carbons (Fsp3) is 0.391. The zero-order valence-electron chi connectivity index (χ0n) is 16.9. The van der Waals surface area contributed by atoms with Gasteiger partial charge in [0.15, 0.2) is 28.6 Å². The first-order valence-electron chi connectivity index (χ1n) is 9.71. The van der Waals surface area contributed by atoms with E-state index in [0.717, 1.165) is 5.57 Å². The van der Waals surface area contributed by atoms with Crippen molar-refractivity contribution in [1.82, 2.24) is 0 Å². The van der Waals surface area contributed by atoms with Crippen LogP contribution in [0.4, 0.5) is 0 Å². The molecular formula is C23H28O6. The molecule has 0 fully saturated rings. The van der Waals surface area contributed by atoms with Crippen LogP contribution in [-0.2, 0) is 4.74 Å². The van der Waals surface area contributed by atoms with Crippen molar-refractivity contribution in [3.63, 3.8) is 0 Å². The molecule has 1 aliphatic rings. The molecule has 0 unspecified atom stereocenters. The van der Waals surface area contributed by atoms with E-state index in [1.165, 1.54) is 0 Å². The van der Waals surface area contributed by atoms with E-state index < -0.39 is 5.60 Å². The van der Waals surface area contributed by atoms with Gasteiger partial charge >= 0.3 is 0 Å². The van der Waals surface area contributed by atoms with Gasteiger partial charge in [0.2, 0.25) is 0 Å². The lowest BCUT2D eigenvalue weighted by molar-refractivity contribution is -0.00405. The second-order valence-corrected chi connectivity index (χ2v) is 7.11. The predicted molar refractivity (Wildman–Crippen MR) is 110 cm³/mol. The monoisotopic (exact) mass is 400 g/mol. The molecule has 29 heavy (non-hydrogen) atoms. The van der Waals surface area contributed by atoms with Crippen LogP contribution in [0.2, 0.25) is 0 Å². The molecule has 0 atom stereocenters. The number of fused-ring (bicyclic) bond motifs is 2. The number of hydrogen-bond acceptors (Lipinski definition) is 6. The smallest absolute Gasteiger partial charge is 0.161 e. The maximum atomic E-state index is 11.2. The van der Waals surface area contributed by atoms with E-state index in [9.17, 15) is 5.11 Å². The Kier molecular flexibility index (Phi) is 7.38. The normalized spacial score (nSPS) is 17.2. The van der Waals surface area contributed by atoms with Gasteiger partial charge in [0.1, 0.15) is 26.4 Å². The SMILES string of the molecule is CC(C)=CC1(O)COc2ccccc2OCCOCCOc2ccccc2OC1. The number of allylic oxidation sites excluding steroid dienone is 1. The fourth-order valence-electron chi connectivity index (χ4n) is 2.97. The summed E-state index contributed by atoms with van der Waals surface area (Å²) in [6.45, 7) is 5.50. The fourth-order valence-corrected chi connectivity index (χ4v) is 2.97. The minimum Gasteiger partial charge on any atom is -0.487 e. The first-order chi connectivity index (χ1) is 14.1. The highest BCUT2D eigenvalue weighted by atomic mass is 16.6. The highest BCUT2D eigenvalue weighted by Gasteiger charge is 2.28. The van der Waals surface area contributed by atoms with Crippen LogP contribution in [0.3, 0.4) is 0 Å². The van der Waals surface area contributed by atoms with Crippen molar-refractivity contribution in [2.24, 2.45) is 0 Å². The average Bonchev–Trinajstić information content (AvgIpc) is 2.70. The Balaban J connectivity index is 1.84. The highest BCUT2D eigenvalue weighted by molar-refractivity contribution is 5.40. The number of aliphatic hydroxyl groups is 1. The number of hydrogen-bond donors (Lipinski definition) is 1. The van der Waals surface area contributed by atoms with Gasteiger partial charge in [-0.05, 0) is 44.2 Å². The summed E-state index contributed by atoms with van der Waals surface area (Å²) in [5.74, 6) is 2.32. The third-order valence-electron chi connectivity index (χ3n) is 4.18. The second-order valence-electron chi connectivity index (χ2n) is 7.11. The second kappa shape index (κ2) is 10.2. The van der Waals surface area contributed by atoms with Gasteiger partial charge in [-0.2, -0.15) is 0 Å². The lowest BCUT2D eigenvalue weighted by Gasteiger charge is -2.27. The molecule has 6 nitrogen and oxygen atoms in total. The summed E-state index contributed by atoms with van der Waals surface area (Å²) in [6, 6.07) is 14.7. The average molecular weight is 400 g/mol. The summed E-state index contributed by atoms with van der Waals surface area (Å²) in [4.78, 5) is 0. The van der Waals surface area contributed by atoms with Gasteiger partial charge < -0.3 is 28.8 Å². The lowest BCUT2D eigenvalue weighted by Crippen LogP contribution is -2.40. The molecule has 0 amide bonds. The summed E-state index contributed by atoms with van der Waals surface area (Å²) in [6.07, 6.45) is 1.75. The summed E-state index contributed by atoms with van der Waals surface area (Å²) < 4.78 is 29.0. The van der Waals surface area contributed by atoms with E-state index >= 15 is 0 Å². The molecule has 0 spiro atoms. The van der Waals surface area contributed by atoms with Crippen molar-refractivity contribution in [3.8, 4) is 23.0 Å². The zero-order valence-corrected chi connectivity index (χ0v) is 16.9. The predicted octanol–water partition coefficient (Wildman–Crippen LogP) is 3.63. The third kappa shape index (κ3) is 6.41. The molecule has 2 aromatic carbocycles. The Morgan fingerprint density at radius 2 is 1.14 bits per heavy atom. The largest absolute Gasteiger partial charge is 0.487 e. The molecule has 156 valence electrons. The molecule has 0 aromatic heterocycles. The highest BCUT2D eigenvalue weighted by Crippen LogP contribution is 2.30. The lowest BCUT2D eigenvalue weighted by atomic mass is 10.0. The van der Waals surface area contributed by atoms with Crippen molar-refractivity contribution in [3.05, 3.63) is 60.2 Å². The molecular weight excluding hydrogens is 372 g/mol. The molecule has 1 N–H and O–H groups in total. The van der Waals surface area contributed by atoms with E-state index in [4.69, 9.17) is 23.7 Å². The Hall–Kier alpha value is -2.70. The van der Waals surface area contributed by atoms with E-state index in [0.29, 0.717) is 49.4 Å². The third-order valence-corrected chi connectivity index (χ3v) is 4.18. The molecule has 0 aliphatic carbocycles. The van der Waals surface area contributed by atoms with Crippen molar-refractivity contribution < 1.29 is 28.8 Å². The van der Waals surface area contributed by atoms with Gasteiger partial charge in [-0.25, -0.2) is 0 Å². The van der Waals surface area contributed by atoms with Crippen molar-refractivity contribution in [1.29, 1.82) is 0 Å². The molecule has 0 saturated carbocycles. The number of para-hydroxylation sites is 4. The van der Waals surface area contributed by atoms with Crippen LogP contribution >= 0.6 is 0 Å².